The van der Waals surface area contributed by atoms with E-state index in [9.17, 15) is 4.79 Å². The fourth-order valence-corrected chi connectivity index (χ4v) is 1.62. The predicted octanol–water partition coefficient (Wildman–Crippen LogP) is 1.05. The van der Waals surface area contributed by atoms with Gasteiger partial charge in [-0.2, -0.15) is 4.37 Å². The molecule has 0 aromatic carbocycles. The van der Waals surface area contributed by atoms with Gasteiger partial charge in [-0.1, -0.05) is 6.92 Å². The fraction of sp³-hybridized carbons (Fsp3) is 0.556. The van der Waals surface area contributed by atoms with Crippen molar-refractivity contribution in [3.05, 3.63) is 6.07 Å². The largest absolute Gasteiger partial charge is 0.383 e. The molecule has 0 spiro atoms. The molecule has 84 valence electrons. The van der Waals surface area contributed by atoms with Crippen molar-refractivity contribution in [3.63, 3.8) is 0 Å². The molecular weight excluding hydrogens is 212 g/mol. The minimum atomic E-state index is 0.0711. The molecule has 15 heavy (non-hydrogen) atoms. The van der Waals surface area contributed by atoms with Crippen LogP contribution in [-0.2, 0) is 4.79 Å². The molecule has 0 saturated carbocycles. The lowest BCUT2D eigenvalue weighted by molar-refractivity contribution is -0.120. The zero-order valence-electron chi connectivity index (χ0n) is 8.75. The molecule has 0 radical (unpaired) electrons. The van der Waals surface area contributed by atoms with Crippen molar-refractivity contribution in [3.8, 4) is 0 Å². The molecule has 1 aromatic rings. The topological polar surface area (TPSA) is 80.0 Å². The van der Waals surface area contributed by atoms with Gasteiger partial charge in [-0.3, -0.25) is 4.79 Å². The number of hydrogen-bond donors (Lipinski definition) is 3. The van der Waals surface area contributed by atoms with Crippen molar-refractivity contribution in [2.75, 3.05) is 24.1 Å². The van der Waals surface area contributed by atoms with Crippen molar-refractivity contribution in [1.82, 2.24) is 9.69 Å². The highest BCUT2D eigenvalue weighted by Gasteiger charge is 2.01. The highest BCUT2D eigenvalue weighted by Crippen LogP contribution is 2.16. The van der Waals surface area contributed by atoms with Gasteiger partial charge in [0.05, 0.1) is 0 Å². The zero-order chi connectivity index (χ0) is 11.1. The van der Waals surface area contributed by atoms with Crippen molar-refractivity contribution < 1.29 is 4.79 Å². The molecule has 1 amide bonds. The van der Waals surface area contributed by atoms with E-state index >= 15 is 0 Å². The Bertz CT molecular complexity index is 313. The van der Waals surface area contributed by atoms with Gasteiger partial charge in [0.15, 0.2) is 0 Å². The number of amides is 1. The third-order valence-electron chi connectivity index (χ3n) is 1.75. The van der Waals surface area contributed by atoms with E-state index in [0.29, 0.717) is 18.8 Å². The normalized spacial score (nSPS) is 9.93. The van der Waals surface area contributed by atoms with Crippen molar-refractivity contribution in [2.24, 2.45) is 0 Å². The monoisotopic (exact) mass is 228 g/mol. The Hall–Kier alpha value is -1.30. The van der Waals surface area contributed by atoms with E-state index in [-0.39, 0.29) is 5.91 Å². The van der Waals surface area contributed by atoms with Gasteiger partial charge in [0.2, 0.25) is 5.91 Å². The number of anilines is 2. The Kier molecular flexibility index (Phi) is 4.89. The lowest BCUT2D eigenvalue weighted by atomic mass is 10.4. The first-order valence-corrected chi connectivity index (χ1v) is 5.72. The zero-order valence-corrected chi connectivity index (χ0v) is 9.56. The van der Waals surface area contributed by atoms with Crippen LogP contribution in [0.25, 0.3) is 0 Å². The lowest BCUT2D eigenvalue weighted by Gasteiger charge is -2.03. The average molecular weight is 228 g/mol. The molecule has 1 heterocycles. The van der Waals surface area contributed by atoms with E-state index < -0.39 is 0 Å². The fourth-order valence-electron chi connectivity index (χ4n) is 1.02. The first kappa shape index (κ1) is 11.8. The molecule has 0 bridgehead atoms. The van der Waals surface area contributed by atoms with Gasteiger partial charge in [0.1, 0.15) is 10.8 Å². The van der Waals surface area contributed by atoms with Crippen LogP contribution in [0.3, 0.4) is 0 Å². The van der Waals surface area contributed by atoms with Crippen LogP contribution in [0, 0.1) is 0 Å². The van der Waals surface area contributed by atoms with Gasteiger partial charge in [0.25, 0.3) is 0 Å². The van der Waals surface area contributed by atoms with Crippen molar-refractivity contribution >= 4 is 28.3 Å². The van der Waals surface area contributed by atoms with Crippen LogP contribution in [0.1, 0.15) is 19.8 Å². The minimum Gasteiger partial charge on any atom is -0.383 e. The quantitative estimate of drug-likeness (QED) is 0.680. The summed E-state index contributed by atoms with van der Waals surface area (Å²) in [7, 11) is 0. The van der Waals surface area contributed by atoms with Crippen LogP contribution in [0.4, 0.5) is 10.8 Å². The highest BCUT2D eigenvalue weighted by atomic mass is 32.1. The summed E-state index contributed by atoms with van der Waals surface area (Å²) in [5, 5.41) is 6.79. The number of nitrogens with one attached hydrogen (secondary N) is 2. The summed E-state index contributed by atoms with van der Waals surface area (Å²) in [6, 6.07) is 1.76. The third-order valence-corrected chi connectivity index (χ3v) is 2.51. The van der Waals surface area contributed by atoms with Crippen LogP contribution < -0.4 is 16.4 Å². The summed E-state index contributed by atoms with van der Waals surface area (Å²) in [6.45, 7) is 3.38. The molecule has 0 saturated heterocycles. The predicted molar refractivity (Wildman–Crippen MR) is 62.9 cm³/mol. The molecule has 4 N–H and O–H groups in total. The second-order valence-electron chi connectivity index (χ2n) is 3.14. The SMILES string of the molecule is CCCNC(=O)CCNc1cc(N)ns1. The second kappa shape index (κ2) is 6.23. The van der Waals surface area contributed by atoms with Gasteiger partial charge < -0.3 is 16.4 Å². The summed E-state index contributed by atoms with van der Waals surface area (Å²) in [5.41, 5.74) is 5.46. The molecule has 1 aromatic heterocycles. The summed E-state index contributed by atoms with van der Waals surface area (Å²) in [4.78, 5) is 11.2. The van der Waals surface area contributed by atoms with Crippen LogP contribution in [-0.4, -0.2) is 23.4 Å². The maximum Gasteiger partial charge on any atom is 0.221 e. The van der Waals surface area contributed by atoms with E-state index in [0.717, 1.165) is 18.0 Å². The van der Waals surface area contributed by atoms with Gasteiger partial charge in [-0.05, 0) is 18.0 Å². The summed E-state index contributed by atoms with van der Waals surface area (Å²) in [5.74, 6) is 0.583. The maximum atomic E-state index is 11.2. The molecule has 0 fully saturated rings. The molecule has 1 rings (SSSR count). The van der Waals surface area contributed by atoms with Crippen LogP contribution in [0.15, 0.2) is 6.07 Å². The number of nitrogens with two attached hydrogens (primary N) is 1. The van der Waals surface area contributed by atoms with E-state index in [4.69, 9.17) is 5.73 Å². The first-order chi connectivity index (χ1) is 7.22. The molecule has 0 aliphatic rings. The van der Waals surface area contributed by atoms with E-state index in [1.165, 1.54) is 11.5 Å². The standard InChI is InChI=1S/C9H16N4OS/c1-2-4-11-8(14)3-5-12-9-6-7(10)13-15-9/h6,12H,2-5H2,1H3,(H2,10,13)(H,11,14). The van der Waals surface area contributed by atoms with E-state index in [1.54, 1.807) is 6.07 Å². The molecule has 0 aliphatic heterocycles. The maximum absolute atomic E-state index is 11.2. The van der Waals surface area contributed by atoms with Gasteiger partial charge in [-0.25, -0.2) is 0 Å². The molecule has 0 atom stereocenters. The summed E-state index contributed by atoms with van der Waals surface area (Å²) < 4.78 is 3.92. The number of carbonyl (C=O) groups excluding carboxylic acids is 1. The Labute approximate surface area is 93.2 Å². The number of rotatable bonds is 6. The lowest BCUT2D eigenvalue weighted by Crippen LogP contribution is -2.25. The van der Waals surface area contributed by atoms with E-state index in [1.807, 2.05) is 6.92 Å². The van der Waals surface area contributed by atoms with Gasteiger partial charge >= 0.3 is 0 Å². The molecule has 0 unspecified atom stereocenters. The van der Waals surface area contributed by atoms with Crippen molar-refractivity contribution in [2.45, 2.75) is 19.8 Å². The Morgan fingerprint density at radius 1 is 1.60 bits per heavy atom. The van der Waals surface area contributed by atoms with Crippen LogP contribution >= 0.6 is 11.5 Å². The third kappa shape index (κ3) is 4.64. The molecule has 0 aliphatic carbocycles. The number of nitrogen functional groups attached to an aromatic ring is 1. The van der Waals surface area contributed by atoms with E-state index in [2.05, 4.69) is 15.0 Å². The van der Waals surface area contributed by atoms with Gasteiger partial charge in [0, 0.05) is 25.6 Å². The number of aromatic nitrogens is 1. The smallest absolute Gasteiger partial charge is 0.221 e. The highest BCUT2D eigenvalue weighted by molar-refractivity contribution is 7.10. The number of nitrogens with zero attached hydrogens (tertiary/aromatic N) is 1. The van der Waals surface area contributed by atoms with Crippen LogP contribution in [0.2, 0.25) is 0 Å². The molecular formula is C9H16N4OS. The first-order valence-electron chi connectivity index (χ1n) is 4.95. The Balaban J connectivity index is 2.13. The number of carbonyl (C=O) groups is 1. The van der Waals surface area contributed by atoms with Crippen LogP contribution in [0.5, 0.6) is 0 Å². The minimum absolute atomic E-state index is 0.0711. The second-order valence-corrected chi connectivity index (χ2v) is 3.95. The molecule has 6 heteroatoms. The average Bonchev–Trinajstić information content (AvgIpc) is 2.61. The number of hydrogen-bond acceptors (Lipinski definition) is 5. The Morgan fingerprint density at radius 2 is 2.40 bits per heavy atom. The van der Waals surface area contributed by atoms with Gasteiger partial charge in [-0.15, -0.1) is 0 Å². The summed E-state index contributed by atoms with van der Waals surface area (Å²) in [6.07, 6.45) is 1.43. The summed E-state index contributed by atoms with van der Waals surface area (Å²) >= 11 is 1.30. The Morgan fingerprint density at radius 3 is 3.00 bits per heavy atom. The van der Waals surface area contributed by atoms with Crippen molar-refractivity contribution in [1.29, 1.82) is 0 Å². The molecule has 5 nitrogen and oxygen atoms in total.